The van der Waals surface area contributed by atoms with E-state index in [4.69, 9.17) is 27.9 Å². The van der Waals surface area contributed by atoms with Gasteiger partial charge in [0.1, 0.15) is 11.9 Å². The molecule has 0 saturated carbocycles. The van der Waals surface area contributed by atoms with Crippen LogP contribution in [0.1, 0.15) is 12.5 Å². The van der Waals surface area contributed by atoms with Crippen molar-refractivity contribution >= 4 is 23.2 Å². The van der Waals surface area contributed by atoms with E-state index in [9.17, 15) is 0 Å². The zero-order valence-electron chi connectivity index (χ0n) is 11.3. The smallest absolute Gasteiger partial charge is 0.119 e. The van der Waals surface area contributed by atoms with Crippen LogP contribution in [0, 0.1) is 0 Å². The van der Waals surface area contributed by atoms with E-state index in [1.807, 2.05) is 55.5 Å². The Labute approximate surface area is 129 Å². The van der Waals surface area contributed by atoms with E-state index < -0.39 is 0 Å². The molecular formula is C16H17Cl2NO. The number of rotatable bonds is 6. The molecule has 2 rings (SSSR count). The van der Waals surface area contributed by atoms with E-state index in [0.717, 1.165) is 29.4 Å². The van der Waals surface area contributed by atoms with Gasteiger partial charge in [-0.25, -0.2) is 0 Å². The van der Waals surface area contributed by atoms with Gasteiger partial charge in [-0.3, -0.25) is 0 Å². The second-order valence-corrected chi connectivity index (χ2v) is 5.45. The summed E-state index contributed by atoms with van der Waals surface area (Å²) in [5, 5.41) is 4.83. The molecule has 0 aromatic heterocycles. The van der Waals surface area contributed by atoms with Crippen molar-refractivity contribution in [3.63, 3.8) is 0 Å². The molecule has 2 aromatic rings. The van der Waals surface area contributed by atoms with Crippen LogP contribution in [-0.2, 0) is 6.54 Å². The van der Waals surface area contributed by atoms with Crippen molar-refractivity contribution in [3.05, 3.63) is 64.1 Å². The molecule has 20 heavy (non-hydrogen) atoms. The minimum absolute atomic E-state index is 0.0682. The van der Waals surface area contributed by atoms with Gasteiger partial charge in [-0.15, -0.1) is 0 Å². The molecule has 2 aromatic carbocycles. The van der Waals surface area contributed by atoms with E-state index in [0.29, 0.717) is 5.02 Å². The summed E-state index contributed by atoms with van der Waals surface area (Å²) in [5.41, 5.74) is 1.09. The quantitative estimate of drug-likeness (QED) is 0.845. The predicted molar refractivity (Wildman–Crippen MR) is 84.7 cm³/mol. The van der Waals surface area contributed by atoms with Crippen LogP contribution in [0.2, 0.25) is 10.0 Å². The van der Waals surface area contributed by atoms with Crippen LogP contribution >= 0.6 is 23.2 Å². The molecule has 1 N–H and O–H groups in total. The molecule has 0 aliphatic heterocycles. The summed E-state index contributed by atoms with van der Waals surface area (Å²) in [6, 6.07) is 15.2. The standard InChI is InChI=1S/C16H17Cl2NO/c1-12(20-15-8-6-14(17)7-9-15)10-19-11-13-4-2-3-5-16(13)18/h2-9,12,19H,10-11H2,1H3. The number of halogens is 2. The Hall–Kier alpha value is -1.22. The molecule has 4 heteroatoms. The van der Waals surface area contributed by atoms with Gasteiger partial charge >= 0.3 is 0 Å². The molecular weight excluding hydrogens is 293 g/mol. The molecule has 0 aliphatic carbocycles. The van der Waals surface area contributed by atoms with Crippen LogP contribution in [0.4, 0.5) is 0 Å². The zero-order chi connectivity index (χ0) is 14.4. The maximum Gasteiger partial charge on any atom is 0.119 e. The van der Waals surface area contributed by atoms with Crippen molar-refractivity contribution in [1.29, 1.82) is 0 Å². The van der Waals surface area contributed by atoms with Gasteiger partial charge in [0, 0.05) is 23.1 Å². The summed E-state index contributed by atoms with van der Waals surface area (Å²) in [7, 11) is 0. The number of ether oxygens (including phenoxy) is 1. The largest absolute Gasteiger partial charge is 0.489 e. The lowest BCUT2D eigenvalue weighted by molar-refractivity contribution is 0.217. The summed E-state index contributed by atoms with van der Waals surface area (Å²) in [5.74, 6) is 0.821. The lowest BCUT2D eigenvalue weighted by atomic mass is 10.2. The Morgan fingerprint density at radius 3 is 2.45 bits per heavy atom. The third-order valence-electron chi connectivity index (χ3n) is 2.86. The highest BCUT2D eigenvalue weighted by molar-refractivity contribution is 6.31. The van der Waals surface area contributed by atoms with E-state index in [2.05, 4.69) is 5.32 Å². The minimum atomic E-state index is 0.0682. The van der Waals surface area contributed by atoms with Gasteiger partial charge in [0.05, 0.1) is 0 Å². The summed E-state index contributed by atoms with van der Waals surface area (Å²) >= 11 is 11.9. The molecule has 0 aliphatic rings. The second-order valence-electron chi connectivity index (χ2n) is 4.60. The Morgan fingerprint density at radius 2 is 1.75 bits per heavy atom. The van der Waals surface area contributed by atoms with Crippen molar-refractivity contribution in [2.75, 3.05) is 6.54 Å². The van der Waals surface area contributed by atoms with Crippen LogP contribution in [0.3, 0.4) is 0 Å². The van der Waals surface area contributed by atoms with Crippen molar-refractivity contribution in [3.8, 4) is 5.75 Å². The number of hydrogen-bond donors (Lipinski definition) is 1. The lowest BCUT2D eigenvalue weighted by Gasteiger charge is -2.16. The van der Waals surface area contributed by atoms with Gasteiger partial charge in [0.25, 0.3) is 0 Å². The van der Waals surface area contributed by atoms with Crippen molar-refractivity contribution < 1.29 is 4.74 Å². The first-order valence-electron chi connectivity index (χ1n) is 6.51. The fourth-order valence-corrected chi connectivity index (χ4v) is 2.17. The van der Waals surface area contributed by atoms with Gasteiger partial charge in [0.2, 0.25) is 0 Å². The van der Waals surface area contributed by atoms with Gasteiger partial charge < -0.3 is 10.1 Å². The maximum atomic E-state index is 6.10. The Bertz CT molecular complexity index is 542. The highest BCUT2D eigenvalue weighted by Crippen LogP contribution is 2.17. The molecule has 1 unspecified atom stereocenters. The molecule has 0 radical (unpaired) electrons. The van der Waals surface area contributed by atoms with Crippen LogP contribution in [0.5, 0.6) is 5.75 Å². The summed E-state index contributed by atoms with van der Waals surface area (Å²) in [4.78, 5) is 0. The number of hydrogen-bond acceptors (Lipinski definition) is 2. The normalized spacial score (nSPS) is 12.2. The van der Waals surface area contributed by atoms with E-state index in [1.165, 1.54) is 0 Å². The SMILES string of the molecule is CC(CNCc1ccccc1Cl)Oc1ccc(Cl)cc1. The molecule has 0 heterocycles. The average Bonchev–Trinajstić information content (AvgIpc) is 2.43. The molecule has 0 bridgehead atoms. The van der Waals surface area contributed by atoms with Crippen molar-refractivity contribution in [1.82, 2.24) is 5.32 Å². The summed E-state index contributed by atoms with van der Waals surface area (Å²) in [6.07, 6.45) is 0.0682. The molecule has 106 valence electrons. The number of nitrogens with one attached hydrogen (secondary N) is 1. The van der Waals surface area contributed by atoms with Crippen molar-refractivity contribution in [2.45, 2.75) is 19.6 Å². The Kier molecular flexibility index (Phi) is 5.72. The molecule has 1 atom stereocenters. The molecule has 0 amide bonds. The Morgan fingerprint density at radius 1 is 1.05 bits per heavy atom. The first-order valence-corrected chi connectivity index (χ1v) is 7.27. The maximum absolute atomic E-state index is 6.10. The van der Waals surface area contributed by atoms with Crippen LogP contribution in [0.25, 0.3) is 0 Å². The fraction of sp³-hybridized carbons (Fsp3) is 0.250. The fourth-order valence-electron chi connectivity index (χ4n) is 1.84. The summed E-state index contributed by atoms with van der Waals surface area (Å²) < 4.78 is 5.78. The highest BCUT2D eigenvalue weighted by Gasteiger charge is 2.04. The lowest BCUT2D eigenvalue weighted by Crippen LogP contribution is -2.28. The third kappa shape index (κ3) is 4.71. The zero-order valence-corrected chi connectivity index (χ0v) is 12.8. The monoisotopic (exact) mass is 309 g/mol. The van der Waals surface area contributed by atoms with Crippen molar-refractivity contribution in [2.24, 2.45) is 0 Å². The minimum Gasteiger partial charge on any atom is -0.489 e. The number of benzene rings is 2. The predicted octanol–water partition coefficient (Wildman–Crippen LogP) is 4.55. The molecule has 2 nitrogen and oxygen atoms in total. The van der Waals surface area contributed by atoms with E-state index in [-0.39, 0.29) is 6.10 Å². The Balaban J connectivity index is 1.76. The first kappa shape index (κ1) is 15.2. The van der Waals surface area contributed by atoms with Gasteiger partial charge in [-0.05, 0) is 42.8 Å². The average molecular weight is 310 g/mol. The van der Waals surface area contributed by atoms with E-state index >= 15 is 0 Å². The molecule has 0 spiro atoms. The van der Waals surface area contributed by atoms with Crippen LogP contribution < -0.4 is 10.1 Å². The highest BCUT2D eigenvalue weighted by atomic mass is 35.5. The van der Waals surface area contributed by atoms with Gasteiger partial charge in [-0.1, -0.05) is 41.4 Å². The third-order valence-corrected chi connectivity index (χ3v) is 3.48. The van der Waals surface area contributed by atoms with E-state index in [1.54, 1.807) is 0 Å². The van der Waals surface area contributed by atoms with Crippen LogP contribution in [-0.4, -0.2) is 12.6 Å². The van der Waals surface area contributed by atoms with Gasteiger partial charge in [-0.2, -0.15) is 0 Å². The summed E-state index contributed by atoms with van der Waals surface area (Å²) in [6.45, 7) is 3.50. The van der Waals surface area contributed by atoms with Gasteiger partial charge in [0.15, 0.2) is 0 Å². The van der Waals surface area contributed by atoms with Crippen LogP contribution in [0.15, 0.2) is 48.5 Å². The second kappa shape index (κ2) is 7.53. The molecule has 0 fully saturated rings. The molecule has 0 saturated heterocycles. The topological polar surface area (TPSA) is 21.3 Å². The first-order chi connectivity index (χ1) is 9.65.